The number of benzene rings is 1. The van der Waals surface area contributed by atoms with Gasteiger partial charge in [-0.3, -0.25) is 0 Å². The molecule has 0 saturated heterocycles. The number of carboxylic acids is 1. The highest BCUT2D eigenvalue weighted by atomic mass is 35.5. The molecule has 18 heavy (non-hydrogen) atoms. The van der Waals surface area contributed by atoms with Gasteiger partial charge in [0, 0.05) is 27.4 Å². The molecule has 92 valence electrons. The molecule has 0 fully saturated rings. The SMILES string of the molecule is Nc1ncc(C(=O)O)cc1-c1cc(Cl)ccc1Cl. The molecular formula is C12H8Cl2N2O2. The van der Waals surface area contributed by atoms with Crippen LogP contribution >= 0.6 is 23.2 Å². The van der Waals surface area contributed by atoms with Gasteiger partial charge in [0.25, 0.3) is 0 Å². The number of pyridine rings is 1. The van der Waals surface area contributed by atoms with E-state index < -0.39 is 5.97 Å². The van der Waals surface area contributed by atoms with Gasteiger partial charge in [-0.1, -0.05) is 23.2 Å². The molecule has 2 aromatic rings. The van der Waals surface area contributed by atoms with Crippen molar-refractivity contribution in [2.45, 2.75) is 0 Å². The Balaban J connectivity index is 2.66. The van der Waals surface area contributed by atoms with Crippen LogP contribution in [0.2, 0.25) is 10.0 Å². The fourth-order valence-electron chi connectivity index (χ4n) is 1.51. The van der Waals surface area contributed by atoms with Crippen molar-refractivity contribution >= 4 is 35.0 Å². The summed E-state index contributed by atoms with van der Waals surface area (Å²) in [7, 11) is 0. The Kier molecular flexibility index (Phi) is 3.41. The molecule has 6 heteroatoms. The second-order valence-electron chi connectivity index (χ2n) is 3.59. The molecule has 4 nitrogen and oxygen atoms in total. The monoisotopic (exact) mass is 282 g/mol. The molecule has 0 spiro atoms. The number of carbonyl (C=O) groups is 1. The van der Waals surface area contributed by atoms with Gasteiger partial charge in [-0.2, -0.15) is 0 Å². The van der Waals surface area contributed by atoms with Crippen molar-refractivity contribution in [1.82, 2.24) is 4.98 Å². The lowest BCUT2D eigenvalue weighted by Crippen LogP contribution is -2.01. The summed E-state index contributed by atoms with van der Waals surface area (Å²) in [5.74, 6) is -0.883. The van der Waals surface area contributed by atoms with Crippen molar-refractivity contribution in [1.29, 1.82) is 0 Å². The second kappa shape index (κ2) is 4.84. The molecule has 2 rings (SSSR count). The Morgan fingerprint density at radius 1 is 1.22 bits per heavy atom. The lowest BCUT2D eigenvalue weighted by atomic mass is 10.0. The van der Waals surface area contributed by atoms with Crippen molar-refractivity contribution < 1.29 is 9.90 Å². The quantitative estimate of drug-likeness (QED) is 0.886. The standard InChI is InChI=1S/C12H8Cl2N2O2/c13-7-1-2-10(14)8(4-7)9-3-6(12(17)18)5-16-11(9)15/h1-5H,(H2,15,16)(H,17,18). The third-order valence-electron chi connectivity index (χ3n) is 2.38. The zero-order chi connectivity index (χ0) is 13.3. The molecule has 1 aromatic carbocycles. The van der Waals surface area contributed by atoms with E-state index in [9.17, 15) is 4.79 Å². The van der Waals surface area contributed by atoms with E-state index in [0.717, 1.165) is 0 Å². The van der Waals surface area contributed by atoms with Crippen LogP contribution in [0.5, 0.6) is 0 Å². The zero-order valence-electron chi connectivity index (χ0n) is 9.02. The fraction of sp³-hybridized carbons (Fsp3) is 0. The van der Waals surface area contributed by atoms with E-state index in [4.69, 9.17) is 34.0 Å². The molecule has 0 radical (unpaired) electrons. The minimum absolute atomic E-state index is 0.0373. The highest BCUT2D eigenvalue weighted by Gasteiger charge is 2.12. The minimum atomic E-state index is -1.08. The van der Waals surface area contributed by atoms with Crippen LogP contribution < -0.4 is 5.73 Å². The first kappa shape index (κ1) is 12.7. The van der Waals surface area contributed by atoms with E-state index in [-0.39, 0.29) is 11.4 Å². The van der Waals surface area contributed by atoms with Gasteiger partial charge in [0.1, 0.15) is 5.82 Å². The van der Waals surface area contributed by atoms with Gasteiger partial charge in [-0.05, 0) is 24.3 Å². The fourth-order valence-corrected chi connectivity index (χ4v) is 1.90. The van der Waals surface area contributed by atoms with Crippen LogP contribution in [-0.4, -0.2) is 16.1 Å². The number of hydrogen-bond acceptors (Lipinski definition) is 3. The van der Waals surface area contributed by atoms with Crippen LogP contribution in [0.25, 0.3) is 11.1 Å². The lowest BCUT2D eigenvalue weighted by Gasteiger charge is -2.08. The van der Waals surface area contributed by atoms with E-state index in [1.807, 2.05) is 0 Å². The van der Waals surface area contributed by atoms with Gasteiger partial charge in [0.15, 0.2) is 0 Å². The highest BCUT2D eigenvalue weighted by Crippen LogP contribution is 2.33. The van der Waals surface area contributed by atoms with Gasteiger partial charge in [0.2, 0.25) is 0 Å². The average Bonchev–Trinajstić information content (AvgIpc) is 2.33. The molecule has 0 unspecified atom stereocenters. The third kappa shape index (κ3) is 2.39. The summed E-state index contributed by atoms with van der Waals surface area (Å²) in [4.78, 5) is 14.8. The lowest BCUT2D eigenvalue weighted by molar-refractivity contribution is 0.0696. The summed E-state index contributed by atoms with van der Waals surface area (Å²) in [5.41, 5.74) is 6.77. The number of anilines is 1. The third-order valence-corrected chi connectivity index (χ3v) is 2.95. The van der Waals surface area contributed by atoms with E-state index in [1.54, 1.807) is 18.2 Å². The van der Waals surface area contributed by atoms with E-state index in [0.29, 0.717) is 21.2 Å². The van der Waals surface area contributed by atoms with Crippen LogP contribution in [0.1, 0.15) is 10.4 Å². The summed E-state index contributed by atoms with van der Waals surface area (Å²) in [5, 5.41) is 9.84. The first-order valence-corrected chi connectivity index (χ1v) is 5.69. The molecule has 1 heterocycles. The van der Waals surface area contributed by atoms with Crippen molar-refractivity contribution in [3.63, 3.8) is 0 Å². The first-order valence-electron chi connectivity index (χ1n) is 4.93. The Labute approximate surface area is 113 Å². The summed E-state index contributed by atoms with van der Waals surface area (Å²) in [6, 6.07) is 6.29. The number of nitrogens with two attached hydrogens (primary N) is 1. The maximum atomic E-state index is 10.9. The van der Waals surface area contributed by atoms with E-state index >= 15 is 0 Å². The van der Waals surface area contributed by atoms with Gasteiger partial charge in [-0.25, -0.2) is 9.78 Å². The first-order chi connectivity index (χ1) is 8.49. The Bertz CT molecular complexity index is 629. The Morgan fingerprint density at radius 2 is 1.94 bits per heavy atom. The number of aromatic nitrogens is 1. The van der Waals surface area contributed by atoms with Crippen LogP contribution in [0.3, 0.4) is 0 Å². The number of nitrogens with zero attached hydrogens (tertiary/aromatic N) is 1. The van der Waals surface area contributed by atoms with Gasteiger partial charge in [0.05, 0.1) is 5.56 Å². The number of aromatic carboxylic acids is 1. The summed E-state index contributed by atoms with van der Waals surface area (Å²) in [6.45, 7) is 0. The predicted molar refractivity (Wildman–Crippen MR) is 71.1 cm³/mol. The van der Waals surface area contributed by atoms with Gasteiger partial charge in [-0.15, -0.1) is 0 Å². The molecule has 0 atom stereocenters. The molecule has 0 amide bonds. The van der Waals surface area contributed by atoms with Crippen molar-refractivity contribution in [2.24, 2.45) is 0 Å². The number of hydrogen-bond donors (Lipinski definition) is 2. The summed E-state index contributed by atoms with van der Waals surface area (Å²) < 4.78 is 0. The van der Waals surface area contributed by atoms with E-state index in [1.165, 1.54) is 12.3 Å². The molecule has 3 N–H and O–H groups in total. The van der Waals surface area contributed by atoms with Crippen LogP contribution in [0.15, 0.2) is 30.5 Å². The maximum Gasteiger partial charge on any atom is 0.337 e. The maximum absolute atomic E-state index is 10.9. The van der Waals surface area contributed by atoms with Gasteiger partial charge >= 0.3 is 5.97 Å². The smallest absolute Gasteiger partial charge is 0.337 e. The number of halogens is 2. The summed E-state index contributed by atoms with van der Waals surface area (Å²) >= 11 is 11.9. The van der Waals surface area contributed by atoms with Crippen LogP contribution in [-0.2, 0) is 0 Å². The molecule has 1 aromatic heterocycles. The molecule has 0 bridgehead atoms. The zero-order valence-corrected chi connectivity index (χ0v) is 10.5. The average molecular weight is 283 g/mol. The molecule has 0 aliphatic heterocycles. The number of rotatable bonds is 2. The Hall–Kier alpha value is -1.78. The van der Waals surface area contributed by atoms with Crippen molar-refractivity contribution in [3.8, 4) is 11.1 Å². The minimum Gasteiger partial charge on any atom is -0.478 e. The molecule has 0 saturated carbocycles. The molecule has 0 aliphatic rings. The highest BCUT2D eigenvalue weighted by molar-refractivity contribution is 6.35. The van der Waals surface area contributed by atoms with Gasteiger partial charge < -0.3 is 10.8 Å². The Morgan fingerprint density at radius 3 is 2.61 bits per heavy atom. The normalized spacial score (nSPS) is 10.3. The number of carboxylic acid groups (broad SMARTS) is 1. The number of nitrogen functional groups attached to an aromatic ring is 1. The van der Waals surface area contributed by atoms with Crippen molar-refractivity contribution in [2.75, 3.05) is 5.73 Å². The topological polar surface area (TPSA) is 76.2 Å². The van der Waals surface area contributed by atoms with Crippen LogP contribution in [0, 0.1) is 0 Å². The predicted octanol–water partition coefficient (Wildman–Crippen LogP) is 3.34. The van der Waals surface area contributed by atoms with Crippen molar-refractivity contribution in [3.05, 3.63) is 46.1 Å². The molecule has 0 aliphatic carbocycles. The van der Waals surface area contributed by atoms with E-state index in [2.05, 4.69) is 4.98 Å². The second-order valence-corrected chi connectivity index (χ2v) is 4.43. The largest absolute Gasteiger partial charge is 0.478 e. The van der Waals surface area contributed by atoms with Crippen LogP contribution in [0.4, 0.5) is 5.82 Å². The summed E-state index contributed by atoms with van der Waals surface area (Å²) in [6.07, 6.45) is 1.19. The molecular weight excluding hydrogens is 275 g/mol.